The van der Waals surface area contributed by atoms with E-state index in [2.05, 4.69) is 28.2 Å². The Labute approximate surface area is 123 Å². The van der Waals surface area contributed by atoms with Gasteiger partial charge in [0.1, 0.15) is 11.8 Å². The van der Waals surface area contributed by atoms with Crippen LogP contribution in [-0.2, 0) is 6.42 Å². The van der Waals surface area contributed by atoms with Gasteiger partial charge in [-0.1, -0.05) is 42.5 Å². The van der Waals surface area contributed by atoms with Crippen LogP contribution < -0.4 is 4.74 Å². The van der Waals surface area contributed by atoms with Crippen molar-refractivity contribution in [2.45, 2.75) is 12.5 Å². The zero-order chi connectivity index (χ0) is 14.7. The highest BCUT2D eigenvalue weighted by Crippen LogP contribution is 2.26. The number of aliphatic hydroxyl groups excluding tert-OH is 1. The van der Waals surface area contributed by atoms with Crippen molar-refractivity contribution in [2.24, 2.45) is 0 Å². The lowest BCUT2D eigenvalue weighted by Gasteiger charge is -2.14. The minimum absolute atomic E-state index is 0.366. The summed E-state index contributed by atoms with van der Waals surface area (Å²) in [7, 11) is 1.53. The molecule has 0 bridgehead atoms. The van der Waals surface area contributed by atoms with Gasteiger partial charge in [0.15, 0.2) is 0 Å². The number of rotatable bonds is 4. The van der Waals surface area contributed by atoms with E-state index in [1.807, 2.05) is 24.3 Å². The highest BCUT2D eigenvalue weighted by Gasteiger charge is 2.17. The Morgan fingerprint density at radius 3 is 2.67 bits per heavy atom. The largest absolute Gasteiger partial charge is 0.480 e. The van der Waals surface area contributed by atoms with Gasteiger partial charge in [0, 0.05) is 18.8 Å². The number of ether oxygens (including phenoxy) is 1. The Hall–Kier alpha value is -2.46. The van der Waals surface area contributed by atoms with Gasteiger partial charge in [-0.2, -0.15) is 0 Å². The third-order valence-electron chi connectivity index (χ3n) is 3.49. The van der Waals surface area contributed by atoms with Crippen molar-refractivity contribution >= 4 is 10.8 Å². The first kappa shape index (κ1) is 13.5. The Bertz CT molecular complexity index is 753. The van der Waals surface area contributed by atoms with E-state index in [0.29, 0.717) is 18.0 Å². The molecule has 1 N–H and O–H groups in total. The van der Waals surface area contributed by atoms with Crippen molar-refractivity contribution in [3.05, 3.63) is 66.1 Å². The van der Waals surface area contributed by atoms with E-state index in [4.69, 9.17) is 4.74 Å². The highest BCUT2D eigenvalue weighted by molar-refractivity contribution is 5.85. The lowest BCUT2D eigenvalue weighted by Crippen LogP contribution is -2.07. The van der Waals surface area contributed by atoms with E-state index in [9.17, 15) is 5.11 Å². The van der Waals surface area contributed by atoms with Crippen molar-refractivity contribution in [1.82, 2.24) is 9.97 Å². The number of hydrogen-bond donors (Lipinski definition) is 1. The van der Waals surface area contributed by atoms with Gasteiger partial charge in [0.05, 0.1) is 7.11 Å². The summed E-state index contributed by atoms with van der Waals surface area (Å²) in [5.41, 5.74) is 1.54. The minimum Gasteiger partial charge on any atom is -0.480 e. The number of nitrogens with zero attached hydrogens (tertiary/aromatic N) is 2. The fourth-order valence-corrected chi connectivity index (χ4v) is 2.50. The molecule has 21 heavy (non-hydrogen) atoms. The van der Waals surface area contributed by atoms with Gasteiger partial charge in [0.25, 0.3) is 0 Å². The molecule has 1 aromatic heterocycles. The molecule has 3 aromatic rings. The van der Waals surface area contributed by atoms with Crippen molar-refractivity contribution in [1.29, 1.82) is 0 Å². The number of hydrogen-bond acceptors (Lipinski definition) is 4. The fourth-order valence-electron chi connectivity index (χ4n) is 2.50. The normalized spacial score (nSPS) is 12.3. The molecule has 0 aliphatic heterocycles. The van der Waals surface area contributed by atoms with E-state index in [1.165, 1.54) is 7.11 Å². The first-order chi connectivity index (χ1) is 10.3. The SMILES string of the molecule is COc1nccnc1C(O)Cc1cccc2ccccc12. The van der Waals surface area contributed by atoms with E-state index >= 15 is 0 Å². The number of aliphatic hydroxyl groups is 1. The molecular formula is C17H16N2O2. The van der Waals surface area contributed by atoms with Crippen LogP contribution in [0.5, 0.6) is 5.88 Å². The predicted octanol–water partition coefficient (Wildman–Crippen LogP) is 2.91. The zero-order valence-corrected chi connectivity index (χ0v) is 11.7. The fraction of sp³-hybridized carbons (Fsp3) is 0.176. The van der Waals surface area contributed by atoms with Crippen LogP contribution in [0.15, 0.2) is 54.9 Å². The number of benzene rings is 2. The lowest BCUT2D eigenvalue weighted by atomic mass is 9.99. The third kappa shape index (κ3) is 2.71. The summed E-state index contributed by atoms with van der Waals surface area (Å²) in [5.74, 6) is 0.366. The second-order valence-electron chi connectivity index (χ2n) is 4.81. The average molecular weight is 280 g/mol. The predicted molar refractivity (Wildman–Crippen MR) is 81.2 cm³/mol. The molecule has 0 aliphatic rings. The standard InChI is InChI=1S/C17H16N2O2/c1-21-17-16(18-9-10-19-17)15(20)11-13-7-4-6-12-5-2-3-8-14(12)13/h2-10,15,20H,11H2,1H3. The van der Waals surface area contributed by atoms with Crippen LogP contribution in [0, 0.1) is 0 Å². The molecule has 0 saturated carbocycles. The van der Waals surface area contributed by atoms with Crippen LogP contribution in [0.3, 0.4) is 0 Å². The molecule has 1 atom stereocenters. The lowest BCUT2D eigenvalue weighted by molar-refractivity contribution is 0.168. The Balaban J connectivity index is 1.95. The maximum absolute atomic E-state index is 10.5. The summed E-state index contributed by atoms with van der Waals surface area (Å²) in [5, 5.41) is 12.8. The van der Waals surface area contributed by atoms with Gasteiger partial charge >= 0.3 is 0 Å². The summed E-state index contributed by atoms with van der Waals surface area (Å²) in [4.78, 5) is 8.27. The van der Waals surface area contributed by atoms with Crippen molar-refractivity contribution < 1.29 is 9.84 Å². The molecule has 0 saturated heterocycles. The van der Waals surface area contributed by atoms with Crippen LogP contribution in [0.25, 0.3) is 10.8 Å². The second-order valence-corrected chi connectivity index (χ2v) is 4.81. The molecule has 0 spiro atoms. The van der Waals surface area contributed by atoms with Crippen molar-refractivity contribution in [3.63, 3.8) is 0 Å². The molecule has 0 aliphatic carbocycles. The van der Waals surface area contributed by atoms with Crippen LogP contribution >= 0.6 is 0 Å². The minimum atomic E-state index is -0.751. The van der Waals surface area contributed by atoms with E-state index in [0.717, 1.165) is 16.3 Å². The Morgan fingerprint density at radius 2 is 1.81 bits per heavy atom. The highest BCUT2D eigenvalue weighted by atomic mass is 16.5. The van der Waals surface area contributed by atoms with Gasteiger partial charge in [-0.15, -0.1) is 0 Å². The topological polar surface area (TPSA) is 55.2 Å². The van der Waals surface area contributed by atoms with Crippen molar-refractivity contribution in [2.75, 3.05) is 7.11 Å². The molecule has 106 valence electrons. The molecule has 0 fully saturated rings. The monoisotopic (exact) mass is 280 g/mol. The third-order valence-corrected chi connectivity index (χ3v) is 3.49. The van der Waals surface area contributed by atoms with E-state index < -0.39 is 6.10 Å². The van der Waals surface area contributed by atoms with E-state index in [1.54, 1.807) is 12.4 Å². The van der Waals surface area contributed by atoms with Crippen molar-refractivity contribution in [3.8, 4) is 5.88 Å². The summed E-state index contributed by atoms with van der Waals surface area (Å²) < 4.78 is 5.16. The van der Waals surface area contributed by atoms with Gasteiger partial charge in [-0.3, -0.25) is 4.98 Å². The molecule has 0 amide bonds. The number of methoxy groups -OCH3 is 1. The van der Waals surface area contributed by atoms with Crippen LogP contribution in [0.2, 0.25) is 0 Å². The molecule has 4 heteroatoms. The molecule has 1 heterocycles. The van der Waals surface area contributed by atoms with E-state index in [-0.39, 0.29) is 0 Å². The van der Waals surface area contributed by atoms with Crippen LogP contribution in [-0.4, -0.2) is 22.2 Å². The summed E-state index contributed by atoms with van der Waals surface area (Å²) in [6.45, 7) is 0. The smallest absolute Gasteiger partial charge is 0.238 e. The molecule has 4 nitrogen and oxygen atoms in total. The zero-order valence-electron chi connectivity index (χ0n) is 11.7. The summed E-state index contributed by atoms with van der Waals surface area (Å²) in [6.07, 6.45) is 2.83. The van der Waals surface area contributed by atoms with Gasteiger partial charge in [0.2, 0.25) is 5.88 Å². The van der Waals surface area contributed by atoms with Gasteiger partial charge < -0.3 is 9.84 Å². The molecule has 2 aromatic carbocycles. The Morgan fingerprint density at radius 1 is 1.05 bits per heavy atom. The molecule has 0 radical (unpaired) electrons. The average Bonchev–Trinajstić information content (AvgIpc) is 2.55. The van der Waals surface area contributed by atoms with Crippen LogP contribution in [0.1, 0.15) is 17.4 Å². The second kappa shape index (κ2) is 5.89. The number of fused-ring (bicyclic) bond motifs is 1. The molecular weight excluding hydrogens is 264 g/mol. The molecule has 1 unspecified atom stereocenters. The Kier molecular flexibility index (Phi) is 3.79. The first-order valence-corrected chi connectivity index (χ1v) is 6.79. The maximum Gasteiger partial charge on any atom is 0.238 e. The summed E-state index contributed by atoms with van der Waals surface area (Å²) in [6, 6.07) is 14.2. The maximum atomic E-state index is 10.5. The van der Waals surface area contributed by atoms with Gasteiger partial charge in [-0.05, 0) is 16.3 Å². The van der Waals surface area contributed by atoms with Gasteiger partial charge in [-0.25, -0.2) is 4.98 Å². The number of aromatic nitrogens is 2. The quantitative estimate of drug-likeness (QED) is 0.798. The van der Waals surface area contributed by atoms with Crippen LogP contribution in [0.4, 0.5) is 0 Å². The molecule has 3 rings (SSSR count). The summed E-state index contributed by atoms with van der Waals surface area (Å²) >= 11 is 0. The first-order valence-electron chi connectivity index (χ1n) is 6.79.